The standard InChI is InChI=1S/C24H36N4O4S/c29-23(27-15-7-8-16-27)11-12-25-24(30)20-9-10-21(26-13-3-1-4-14-26)22(19-20)33(31,32)28-17-5-2-6-18-28/h9-10,19H,1-8,11-18H2,(H,25,30). The summed E-state index contributed by atoms with van der Waals surface area (Å²) in [6, 6.07) is 5.02. The lowest BCUT2D eigenvalue weighted by Gasteiger charge is -2.33. The van der Waals surface area contributed by atoms with E-state index in [0.29, 0.717) is 24.3 Å². The minimum absolute atomic E-state index is 0.0570. The van der Waals surface area contributed by atoms with Crippen molar-refractivity contribution in [2.24, 2.45) is 0 Å². The zero-order valence-electron chi connectivity index (χ0n) is 19.4. The fraction of sp³-hybridized carbons (Fsp3) is 0.667. The van der Waals surface area contributed by atoms with Crippen molar-refractivity contribution in [3.8, 4) is 0 Å². The van der Waals surface area contributed by atoms with Crippen LogP contribution in [0.1, 0.15) is 68.1 Å². The molecule has 182 valence electrons. The Hall–Kier alpha value is -2.13. The number of carbonyl (C=O) groups excluding carboxylic acids is 2. The average Bonchev–Trinajstić information content (AvgIpc) is 3.40. The van der Waals surface area contributed by atoms with Gasteiger partial charge in [0.1, 0.15) is 4.90 Å². The van der Waals surface area contributed by atoms with Gasteiger partial charge < -0.3 is 15.1 Å². The molecule has 0 bridgehead atoms. The minimum Gasteiger partial charge on any atom is -0.370 e. The van der Waals surface area contributed by atoms with Crippen molar-refractivity contribution in [3.05, 3.63) is 23.8 Å². The number of amides is 2. The fourth-order valence-corrected chi connectivity index (χ4v) is 6.77. The molecule has 0 saturated carbocycles. The summed E-state index contributed by atoms with van der Waals surface area (Å²) in [5, 5.41) is 2.80. The second kappa shape index (κ2) is 10.9. The van der Waals surface area contributed by atoms with E-state index in [9.17, 15) is 18.0 Å². The Labute approximate surface area is 197 Å². The van der Waals surface area contributed by atoms with E-state index < -0.39 is 10.0 Å². The van der Waals surface area contributed by atoms with Crippen molar-refractivity contribution in [2.75, 3.05) is 50.7 Å². The third-order valence-corrected chi connectivity index (χ3v) is 8.86. The summed E-state index contributed by atoms with van der Waals surface area (Å²) in [7, 11) is -3.69. The number of anilines is 1. The quantitative estimate of drug-likeness (QED) is 0.653. The molecule has 9 heteroatoms. The second-order valence-electron chi connectivity index (χ2n) is 9.29. The number of carbonyl (C=O) groups is 2. The van der Waals surface area contributed by atoms with E-state index in [0.717, 1.165) is 77.5 Å². The van der Waals surface area contributed by atoms with Gasteiger partial charge in [0.2, 0.25) is 15.9 Å². The van der Waals surface area contributed by atoms with Gasteiger partial charge in [-0.1, -0.05) is 6.42 Å². The fourth-order valence-electron chi connectivity index (χ4n) is 5.01. The van der Waals surface area contributed by atoms with Gasteiger partial charge in [-0.05, 0) is 63.1 Å². The first kappa shape index (κ1) is 24.0. The lowest BCUT2D eigenvalue weighted by atomic mass is 10.1. The molecule has 33 heavy (non-hydrogen) atoms. The summed E-state index contributed by atoms with van der Waals surface area (Å²) < 4.78 is 28.8. The average molecular weight is 477 g/mol. The SMILES string of the molecule is O=C(NCCC(=O)N1CCCC1)c1ccc(N2CCCCC2)c(S(=O)(=O)N2CCCCC2)c1. The molecular formula is C24H36N4O4S. The molecule has 3 fully saturated rings. The van der Waals surface area contributed by atoms with Crippen molar-refractivity contribution in [1.29, 1.82) is 0 Å². The Morgan fingerprint density at radius 2 is 1.42 bits per heavy atom. The number of likely N-dealkylation sites (tertiary alicyclic amines) is 1. The van der Waals surface area contributed by atoms with Crippen LogP contribution < -0.4 is 10.2 Å². The van der Waals surface area contributed by atoms with E-state index in [-0.39, 0.29) is 29.7 Å². The van der Waals surface area contributed by atoms with Gasteiger partial charge in [0.25, 0.3) is 5.91 Å². The minimum atomic E-state index is -3.69. The van der Waals surface area contributed by atoms with Crippen LogP contribution in [-0.2, 0) is 14.8 Å². The van der Waals surface area contributed by atoms with Gasteiger partial charge in [0, 0.05) is 57.8 Å². The lowest BCUT2D eigenvalue weighted by molar-refractivity contribution is -0.129. The maximum atomic E-state index is 13.6. The van der Waals surface area contributed by atoms with E-state index in [4.69, 9.17) is 0 Å². The number of hydrogen-bond acceptors (Lipinski definition) is 5. The van der Waals surface area contributed by atoms with Crippen molar-refractivity contribution in [1.82, 2.24) is 14.5 Å². The first-order valence-corrected chi connectivity index (χ1v) is 13.9. The summed E-state index contributed by atoms with van der Waals surface area (Å²) in [4.78, 5) is 29.3. The predicted octanol–water partition coefficient (Wildman–Crippen LogP) is 2.59. The molecule has 0 radical (unpaired) electrons. The molecule has 2 amide bonds. The van der Waals surface area contributed by atoms with Gasteiger partial charge in [0.15, 0.2) is 0 Å². The molecule has 0 atom stereocenters. The predicted molar refractivity (Wildman–Crippen MR) is 128 cm³/mol. The highest BCUT2D eigenvalue weighted by molar-refractivity contribution is 7.89. The van der Waals surface area contributed by atoms with Crippen molar-refractivity contribution in [2.45, 2.75) is 62.7 Å². The van der Waals surface area contributed by atoms with E-state index in [1.807, 2.05) is 4.90 Å². The Morgan fingerprint density at radius 1 is 0.818 bits per heavy atom. The number of nitrogens with zero attached hydrogens (tertiary/aromatic N) is 3. The number of rotatable bonds is 7. The van der Waals surface area contributed by atoms with E-state index >= 15 is 0 Å². The number of nitrogens with one attached hydrogen (secondary N) is 1. The summed E-state index contributed by atoms with van der Waals surface area (Å²) in [6.07, 6.45) is 8.34. The first-order valence-electron chi connectivity index (χ1n) is 12.4. The summed E-state index contributed by atoms with van der Waals surface area (Å²) in [5.74, 6) is -0.286. The largest absolute Gasteiger partial charge is 0.370 e. The summed E-state index contributed by atoms with van der Waals surface area (Å²) >= 11 is 0. The number of hydrogen-bond donors (Lipinski definition) is 1. The molecule has 0 unspecified atom stereocenters. The zero-order valence-corrected chi connectivity index (χ0v) is 20.2. The zero-order chi connectivity index (χ0) is 23.3. The molecule has 3 aliphatic heterocycles. The topological polar surface area (TPSA) is 90.0 Å². The summed E-state index contributed by atoms with van der Waals surface area (Å²) in [5.41, 5.74) is 1.01. The van der Waals surface area contributed by atoms with Crippen molar-refractivity contribution < 1.29 is 18.0 Å². The van der Waals surface area contributed by atoms with Gasteiger partial charge in [-0.2, -0.15) is 4.31 Å². The molecule has 3 saturated heterocycles. The van der Waals surface area contributed by atoms with Crippen LogP contribution in [0, 0.1) is 0 Å². The molecule has 0 aromatic heterocycles. The van der Waals surface area contributed by atoms with Gasteiger partial charge in [-0.3, -0.25) is 9.59 Å². The maximum Gasteiger partial charge on any atom is 0.251 e. The van der Waals surface area contributed by atoms with Crippen LogP contribution in [-0.4, -0.2) is 75.3 Å². The first-order chi connectivity index (χ1) is 16.0. The molecule has 8 nitrogen and oxygen atoms in total. The second-order valence-corrected chi connectivity index (χ2v) is 11.2. The summed E-state index contributed by atoms with van der Waals surface area (Å²) in [6.45, 7) is 4.54. The molecule has 1 aromatic carbocycles. The van der Waals surface area contributed by atoms with Gasteiger partial charge in [-0.15, -0.1) is 0 Å². The Morgan fingerprint density at radius 3 is 2.09 bits per heavy atom. The number of benzene rings is 1. The van der Waals surface area contributed by atoms with Crippen LogP contribution >= 0.6 is 0 Å². The van der Waals surface area contributed by atoms with Gasteiger partial charge >= 0.3 is 0 Å². The van der Waals surface area contributed by atoms with Crippen molar-refractivity contribution >= 4 is 27.5 Å². The van der Waals surface area contributed by atoms with Crippen molar-refractivity contribution in [3.63, 3.8) is 0 Å². The number of sulfonamides is 1. The molecular weight excluding hydrogens is 440 g/mol. The van der Waals surface area contributed by atoms with Crippen LogP contribution in [0.5, 0.6) is 0 Å². The molecule has 1 aromatic rings. The third-order valence-electron chi connectivity index (χ3n) is 6.93. The Balaban J connectivity index is 1.51. The molecule has 4 rings (SSSR count). The molecule has 3 aliphatic rings. The highest BCUT2D eigenvalue weighted by atomic mass is 32.2. The highest BCUT2D eigenvalue weighted by Crippen LogP contribution is 2.32. The molecule has 1 N–H and O–H groups in total. The molecule has 0 aliphatic carbocycles. The number of piperidine rings is 2. The highest BCUT2D eigenvalue weighted by Gasteiger charge is 2.31. The van der Waals surface area contributed by atoms with Crippen LogP contribution in [0.3, 0.4) is 0 Å². The monoisotopic (exact) mass is 476 g/mol. The van der Waals surface area contributed by atoms with Gasteiger partial charge in [-0.25, -0.2) is 8.42 Å². The van der Waals surface area contributed by atoms with Crippen LogP contribution in [0.4, 0.5) is 5.69 Å². The Bertz CT molecular complexity index is 947. The van der Waals surface area contributed by atoms with E-state index in [1.54, 1.807) is 16.4 Å². The van der Waals surface area contributed by atoms with Crippen LogP contribution in [0.25, 0.3) is 0 Å². The molecule has 0 spiro atoms. The van der Waals surface area contributed by atoms with Gasteiger partial charge in [0.05, 0.1) is 5.69 Å². The Kier molecular flexibility index (Phi) is 7.90. The van der Waals surface area contributed by atoms with E-state index in [2.05, 4.69) is 10.2 Å². The maximum absolute atomic E-state index is 13.6. The van der Waals surface area contributed by atoms with E-state index in [1.165, 1.54) is 6.07 Å². The smallest absolute Gasteiger partial charge is 0.251 e. The van der Waals surface area contributed by atoms with Crippen LogP contribution in [0.2, 0.25) is 0 Å². The third kappa shape index (κ3) is 5.69. The molecule has 3 heterocycles. The lowest BCUT2D eigenvalue weighted by Crippen LogP contribution is -2.38. The normalized spacial score (nSPS) is 20.1. The van der Waals surface area contributed by atoms with Crippen LogP contribution in [0.15, 0.2) is 23.1 Å².